The summed E-state index contributed by atoms with van der Waals surface area (Å²) in [6, 6.07) is 5.25. The number of nitrogens with one attached hydrogen (secondary N) is 2. The van der Waals surface area contributed by atoms with E-state index >= 15 is 0 Å². The summed E-state index contributed by atoms with van der Waals surface area (Å²) >= 11 is 1.14. The fourth-order valence-electron chi connectivity index (χ4n) is 1.22. The minimum absolute atomic E-state index is 0.115. The molecule has 1 aromatic heterocycles. The summed E-state index contributed by atoms with van der Waals surface area (Å²) in [4.78, 5) is 21.7. The van der Waals surface area contributed by atoms with Crippen LogP contribution < -0.4 is 10.6 Å². The predicted molar refractivity (Wildman–Crippen MR) is 65.6 cm³/mol. The van der Waals surface area contributed by atoms with Crippen LogP contribution in [0.2, 0.25) is 0 Å². The first kappa shape index (κ1) is 11.9. The lowest BCUT2D eigenvalue weighted by Gasteiger charge is -2.05. The summed E-state index contributed by atoms with van der Waals surface area (Å²) < 4.78 is 0. The molecule has 0 radical (unpaired) electrons. The molecule has 18 heavy (non-hydrogen) atoms. The number of hydrogen-bond acceptors (Lipinski definition) is 6. The molecule has 0 unspecified atom stereocenters. The number of benzene rings is 1. The average molecular weight is 265 g/mol. The number of carbonyl (C=O) groups excluding carboxylic acids is 1. The number of aromatic nitrogens is 2. The number of para-hydroxylation sites is 2. The topological polar surface area (TPSA) is 110 Å². The molecule has 0 saturated carbocycles. The average Bonchev–Trinajstić information content (AvgIpc) is 2.82. The van der Waals surface area contributed by atoms with Crippen LogP contribution in [-0.2, 0) is 0 Å². The van der Waals surface area contributed by atoms with E-state index in [0.717, 1.165) is 11.3 Å². The largest absolute Gasteiger partial charge is 0.325 e. The van der Waals surface area contributed by atoms with Crippen LogP contribution in [0.15, 0.2) is 29.8 Å². The van der Waals surface area contributed by atoms with Gasteiger partial charge in [-0.2, -0.15) is 0 Å². The zero-order chi connectivity index (χ0) is 13.0. The van der Waals surface area contributed by atoms with Crippen LogP contribution >= 0.6 is 11.3 Å². The maximum atomic E-state index is 11.5. The molecule has 92 valence electrons. The molecule has 0 spiro atoms. The first-order valence-corrected chi connectivity index (χ1v) is 5.62. The summed E-state index contributed by atoms with van der Waals surface area (Å²) in [5.74, 6) is 0. The molecular weight excluding hydrogens is 258 g/mol. The van der Waals surface area contributed by atoms with Crippen LogP contribution in [0.3, 0.4) is 0 Å². The van der Waals surface area contributed by atoms with Gasteiger partial charge >= 0.3 is 6.03 Å². The molecule has 0 fully saturated rings. The summed E-state index contributed by atoms with van der Waals surface area (Å²) in [5, 5.41) is 23.0. The Morgan fingerprint density at radius 2 is 2.11 bits per heavy atom. The van der Waals surface area contributed by atoms with Crippen molar-refractivity contribution < 1.29 is 9.72 Å². The van der Waals surface area contributed by atoms with E-state index in [9.17, 15) is 14.9 Å². The molecule has 0 bridgehead atoms. The summed E-state index contributed by atoms with van der Waals surface area (Å²) in [5.41, 5.74) is 1.40. The van der Waals surface area contributed by atoms with Crippen molar-refractivity contribution in [1.29, 1.82) is 0 Å². The third kappa shape index (κ3) is 2.77. The second kappa shape index (κ2) is 5.19. The van der Waals surface area contributed by atoms with Gasteiger partial charge in [-0.3, -0.25) is 15.4 Å². The number of nitrogens with zero attached hydrogens (tertiary/aromatic N) is 3. The third-order valence-corrected chi connectivity index (χ3v) is 2.54. The highest BCUT2D eigenvalue weighted by atomic mass is 32.1. The van der Waals surface area contributed by atoms with E-state index < -0.39 is 11.0 Å². The Balaban J connectivity index is 2.09. The molecule has 2 aromatic rings. The van der Waals surface area contributed by atoms with E-state index in [0.29, 0.717) is 5.13 Å². The van der Waals surface area contributed by atoms with Crippen LogP contribution in [0.25, 0.3) is 0 Å². The minimum atomic E-state index is -0.610. The fourth-order valence-corrected chi connectivity index (χ4v) is 1.66. The van der Waals surface area contributed by atoms with E-state index in [-0.39, 0.29) is 11.4 Å². The first-order chi connectivity index (χ1) is 8.66. The third-order valence-electron chi connectivity index (χ3n) is 1.93. The lowest BCUT2D eigenvalue weighted by atomic mass is 10.3. The van der Waals surface area contributed by atoms with Crippen molar-refractivity contribution in [2.24, 2.45) is 0 Å². The molecule has 0 saturated heterocycles. The fraction of sp³-hybridized carbons (Fsp3) is 0. The smallest absolute Gasteiger partial charge is 0.302 e. The number of amides is 2. The van der Waals surface area contributed by atoms with E-state index in [4.69, 9.17) is 0 Å². The van der Waals surface area contributed by atoms with Crippen molar-refractivity contribution in [2.45, 2.75) is 0 Å². The van der Waals surface area contributed by atoms with Crippen LogP contribution in [-0.4, -0.2) is 21.2 Å². The van der Waals surface area contributed by atoms with Gasteiger partial charge < -0.3 is 5.32 Å². The number of nitro groups is 1. The van der Waals surface area contributed by atoms with E-state index in [1.807, 2.05) is 0 Å². The number of anilines is 2. The van der Waals surface area contributed by atoms with Gasteiger partial charge in [0.1, 0.15) is 11.2 Å². The highest BCUT2D eigenvalue weighted by Gasteiger charge is 2.14. The normalized spacial score (nSPS) is 9.78. The van der Waals surface area contributed by atoms with E-state index in [1.54, 1.807) is 6.07 Å². The predicted octanol–water partition coefficient (Wildman–Crippen LogP) is 2.09. The van der Waals surface area contributed by atoms with Crippen molar-refractivity contribution in [3.05, 3.63) is 39.9 Å². The van der Waals surface area contributed by atoms with Crippen LogP contribution in [0.5, 0.6) is 0 Å². The SMILES string of the molecule is O=C(Nc1nncs1)Nc1ccccc1[N+](=O)[O-]. The van der Waals surface area contributed by atoms with Gasteiger partial charge in [0.2, 0.25) is 5.13 Å². The standard InChI is InChI=1S/C9H7N5O3S/c15-8(12-9-13-10-5-18-9)11-6-3-1-2-4-7(6)14(16)17/h1-5H,(H2,11,12,13,15). The highest BCUT2D eigenvalue weighted by molar-refractivity contribution is 7.13. The van der Waals surface area contributed by atoms with Gasteiger partial charge in [-0.15, -0.1) is 10.2 Å². The Morgan fingerprint density at radius 3 is 2.78 bits per heavy atom. The van der Waals surface area contributed by atoms with Crippen molar-refractivity contribution in [1.82, 2.24) is 10.2 Å². The van der Waals surface area contributed by atoms with Crippen LogP contribution in [0, 0.1) is 10.1 Å². The Kier molecular flexibility index (Phi) is 3.44. The highest BCUT2D eigenvalue weighted by Crippen LogP contribution is 2.23. The van der Waals surface area contributed by atoms with E-state index in [1.165, 1.54) is 23.7 Å². The summed E-state index contributed by atoms with van der Waals surface area (Å²) in [6.45, 7) is 0. The number of urea groups is 1. The van der Waals surface area contributed by atoms with Gasteiger partial charge in [-0.05, 0) is 6.07 Å². The minimum Gasteiger partial charge on any atom is -0.302 e. The van der Waals surface area contributed by atoms with E-state index in [2.05, 4.69) is 20.8 Å². The molecule has 1 heterocycles. The molecule has 9 heteroatoms. The lowest BCUT2D eigenvalue weighted by molar-refractivity contribution is -0.383. The molecule has 1 aromatic carbocycles. The molecule has 8 nitrogen and oxygen atoms in total. The lowest BCUT2D eigenvalue weighted by Crippen LogP contribution is -2.19. The molecule has 2 rings (SSSR count). The van der Waals surface area contributed by atoms with Crippen molar-refractivity contribution >= 4 is 33.9 Å². The van der Waals surface area contributed by atoms with Gasteiger partial charge in [0, 0.05) is 6.07 Å². The maximum Gasteiger partial charge on any atom is 0.325 e. The first-order valence-electron chi connectivity index (χ1n) is 4.74. The summed E-state index contributed by atoms with van der Waals surface area (Å²) in [7, 11) is 0. The summed E-state index contributed by atoms with van der Waals surface area (Å²) in [6.07, 6.45) is 0. The Labute approximate surface area is 105 Å². The molecule has 0 aliphatic carbocycles. The number of rotatable bonds is 3. The van der Waals surface area contributed by atoms with Crippen molar-refractivity contribution in [2.75, 3.05) is 10.6 Å². The Bertz CT molecular complexity index is 571. The molecule has 2 amide bonds. The van der Waals surface area contributed by atoms with Gasteiger partial charge in [-0.25, -0.2) is 4.79 Å². The molecular formula is C9H7N5O3S. The molecule has 2 N–H and O–H groups in total. The number of carbonyl (C=O) groups is 1. The van der Waals surface area contributed by atoms with Gasteiger partial charge in [0.05, 0.1) is 4.92 Å². The zero-order valence-corrected chi connectivity index (χ0v) is 9.68. The molecule has 0 aliphatic rings. The monoisotopic (exact) mass is 265 g/mol. The second-order valence-electron chi connectivity index (χ2n) is 3.10. The van der Waals surface area contributed by atoms with Crippen molar-refractivity contribution in [3.8, 4) is 0 Å². The Hall–Kier alpha value is -2.55. The number of nitro benzene ring substituents is 1. The maximum absolute atomic E-state index is 11.5. The Morgan fingerprint density at radius 1 is 1.33 bits per heavy atom. The quantitative estimate of drug-likeness (QED) is 0.652. The van der Waals surface area contributed by atoms with Gasteiger partial charge in [0.15, 0.2) is 0 Å². The molecule has 0 atom stereocenters. The molecule has 0 aliphatic heterocycles. The number of hydrogen-bond donors (Lipinski definition) is 2. The van der Waals surface area contributed by atoms with Crippen LogP contribution in [0.1, 0.15) is 0 Å². The van der Waals surface area contributed by atoms with Crippen molar-refractivity contribution in [3.63, 3.8) is 0 Å². The van der Waals surface area contributed by atoms with Crippen LogP contribution in [0.4, 0.5) is 21.3 Å². The zero-order valence-electron chi connectivity index (χ0n) is 8.86. The second-order valence-corrected chi connectivity index (χ2v) is 3.93. The van der Waals surface area contributed by atoms with Gasteiger partial charge in [-0.1, -0.05) is 23.5 Å². The van der Waals surface area contributed by atoms with Gasteiger partial charge in [0.25, 0.3) is 5.69 Å².